The van der Waals surface area contributed by atoms with Crippen LogP contribution < -0.4 is 0 Å². The number of carbonyl (C=O) groups is 1. The lowest BCUT2D eigenvalue weighted by molar-refractivity contribution is -0.104. The van der Waals surface area contributed by atoms with Crippen LogP contribution in [-0.4, -0.2) is 19.7 Å². The van der Waals surface area contributed by atoms with Crippen LogP contribution >= 0.6 is 0 Å². The Kier molecular flexibility index (Phi) is 5.77. The van der Waals surface area contributed by atoms with Crippen LogP contribution in [0.1, 0.15) is 13.8 Å². The summed E-state index contributed by atoms with van der Waals surface area (Å²) in [5.74, 6) is 0.611. The van der Waals surface area contributed by atoms with E-state index in [4.69, 9.17) is 9.47 Å². The van der Waals surface area contributed by atoms with Crippen molar-refractivity contribution in [3.05, 3.63) is 11.8 Å². The van der Waals surface area contributed by atoms with E-state index in [1.165, 1.54) is 6.08 Å². The summed E-state index contributed by atoms with van der Waals surface area (Å²) in [7, 11) is 0. The topological polar surface area (TPSA) is 35.5 Å². The molecule has 0 aromatic carbocycles. The second-order valence-electron chi connectivity index (χ2n) is 1.38. The maximum Gasteiger partial charge on any atom is 0.189 e. The molecule has 1 heterocycles. The summed E-state index contributed by atoms with van der Waals surface area (Å²) in [5, 5.41) is 0. The lowest BCUT2D eigenvalue weighted by Crippen LogP contribution is -1.81. The van der Waals surface area contributed by atoms with Gasteiger partial charge in [0, 0.05) is 6.08 Å². The van der Waals surface area contributed by atoms with Gasteiger partial charge in [-0.15, -0.1) is 0 Å². The van der Waals surface area contributed by atoms with Crippen molar-refractivity contribution < 1.29 is 14.3 Å². The molecule has 0 aromatic rings. The molecule has 10 heavy (non-hydrogen) atoms. The Balaban J connectivity index is 0.000000371. The fourth-order valence-electron chi connectivity index (χ4n) is 0.473. The summed E-state index contributed by atoms with van der Waals surface area (Å²) in [6.45, 7) is 4.71. The third-order valence-corrected chi connectivity index (χ3v) is 0.826. The third kappa shape index (κ3) is 3.25. The average Bonchev–Trinajstić information content (AvgIpc) is 2.46. The zero-order valence-electron chi connectivity index (χ0n) is 6.29. The van der Waals surface area contributed by atoms with Crippen LogP contribution in [0.25, 0.3) is 0 Å². The van der Waals surface area contributed by atoms with Gasteiger partial charge in [-0.1, -0.05) is 13.8 Å². The minimum absolute atomic E-state index is 0.277. The number of aldehydes is 1. The molecule has 0 N–H and O–H groups in total. The van der Waals surface area contributed by atoms with E-state index in [1.54, 1.807) is 0 Å². The molecule has 0 aliphatic carbocycles. The number of ether oxygens (including phenoxy) is 2. The van der Waals surface area contributed by atoms with Gasteiger partial charge in [-0.25, -0.2) is 0 Å². The molecule has 58 valence electrons. The maximum atomic E-state index is 9.75. The van der Waals surface area contributed by atoms with E-state index in [2.05, 4.69) is 0 Å². The van der Waals surface area contributed by atoms with E-state index in [0.29, 0.717) is 18.7 Å². The molecule has 3 heteroatoms. The normalized spacial score (nSPS) is 19.2. The Labute approximate surface area is 60.6 Å². The van der Waals surface area contributed by atoms with Crippen molar-refractivity contribution >= 4 is 6.29 Å². The predicted molar refractivity (Wildman–Crippen MR) is 37.4 cm³/mol. The molecule has 0 radical (unpaired) electrons. The third-order valence-electron chi connectivity index (χ3n) is 0.826. The molecule has 1 aliphatic rings. The molecule has 1 rings (SSSR count). The van der Waals surface area contributed by atoms with Gasteiger partial charge in [0.15, 0.2) is 6.79 Å². The van der Waals surface area contributed by atoms with Crippen LogP contribution in [0.3, 0.4) is 0 Å². The molecule has 0 saturated carbocycles. The average molecular weight is 144 g/mol. The molecule has 1 aliphatic heterocycles. The van der Waals surface area contributed by atoms with E-state index in [-0.39, 0.29) is 6.79 Å². The number of carbonyl (C=O) groups excluding carboxylic acids is 1. The quantitative estimate of drug-likeness (QED) is 0.408. The number of hydrogen-bond acceptors (Lipinski definition) is 3. The Morgan fingerprint density at radius 2 is 2.20 bits per heavy atom. The van der Waals surface area contributed by atoms with Crippen LogP contribution in [0.15, 0.2) is 11.8 Å². The Morgan fingerprint density at radius 1 is 1.50 bits per heavy atom. The summed E-state index contributed by atoms with van der Waals surface area (Å²) >= 11 is 0. The molecule has 3 nitrogen and oxygen atoms in total. The highest BCUT2D eigenvalue weighted by Crippen LogP contribution is 2.04. The first-order valence-corrected chi connectivity index (χ1v) is 3.28. The maximum absolute atomic E-state index is 9.75. The molecule has 0 aromatic heterocycles. The molecular formula is C7H12O3. The van der Waals surface area contributed by atoms with Gasteiger partial charge in [0.25, 0.3) is 0 Å². The standard InChI is InChI=1S/C5H6O3.C2H6/c6-2-1-5-3-7-4-8-5;1-2/h1-2H,3-4H2;1-2H3/b5-1-;. The van der Waals surface area contributed by atoms with Gasteiger partial charge >= 0.3 is 0 Å². The minimum atomic E-state index is 0.277. The first-order chi connectivity index (χ1) is 4.93. The van der Waals surface area contributed by atoms with Gasteiger partial charge in [0.2, 0.25) is 0 Å². The number of allylic oxidation sites excluding steroid dienone is 1. The van der Waals surface area contributed by atoms with E-state index in [0.717, 1.165) is 0 Å². The first-order valence-electron chi connectivity index (χ1n) is 3.28. The molecule has 0 bridgehead atoms. The van der Waals surface area contributed by atoms with Gasteiger partial charge in [0.1, 0.15) is 18.7 Å². The molecule has 0 atom stereocenters. The fourth-order valence-corrected chi connectivity index (χ4v) is 0.473. The monoisotopic (exact) mass is 144 g/mol. The second kappa shape index (κ2) is 6.29. The van der Waals surface area contributed by atoms with Crippen molar-refractivity contribution in [3.63, 3.8) is 0 Å². The van der Waals surface area contributed by atoms with Crippen molar-refractivity contribution in [3.8, 4) is 0 Å². The summed E-state index contributed by atoms with van der Waals surface area (Å²) in [4.78, 5) is 9.75. The second-order valence-corrected chi connectivity index (χ2v) is 1.38. The zero-order chi connectivity index (χ0) is 7.82. The lowest BCUT2D eigenvalue weighted by Gasteiger charge is -1.87. The Morgan fingerprint density at radius 3 is 2.60 bits per heavy atom. The lowest BCUT2D eigenvalue weighted by atomic mass is 10.5. The van der Waals surface area contributed by atoms with Crippen molar-refractivity contribution in [1.29, 1.82) is 0 Å². The molecule has 1 fully saturated rings. The Bertz CT molecular complexity index is 110. The summed E-state index contributed by atoms with van der Waals surface area (Å²) in [5.41, 5.74) is 0. The van der Waals surface area contributed by atoms with E-state index < -0.39 is 0 Å². The van der Waals surface area contributed by atoms with Crippen molar-refractivity contribution in [2.24, 2.45) is 0 Å². The highest BCUT2D eigenvalue weighted by Gasteiger charge is 2.04. The van der Waals surface area contributed by atoms with Gasteiger partial charge in [0.05, 0.1) is 0 Å². The highest BCUT2D eigenvalue weighted by atomic mass is 16.7. The summed E-state index contributed by atoms with van der Waals surface area (Å²) in [6.07, 6.45) is 2.04. The van der Waals surface area contributed by atoms with Crippen LogP contribution in [0.2, 0.25) is 0 Å². The largest absolute Gasteiger partial charge is 0.469 e. The van der Waals surface area contributed by atoms with Gasteiger partial charge in [-0.2, -0.15) is 0 Å². The zero-order valence-corrected chi connectivity index (χ0v) is 6.29. The van der Waals surface area contributed by atoms with Crippen LogP contribution in [-0.2, 0) is 14.3 Å². The molecule has 0 amide bonds. The molecule has 0 spiro atoms. The smallest absolute Gasteiger partial charge is 0.189 e. The molecular weight excluding hydrogens is 132 g/mol. The molecule has 1 saturated heterocycles. The van der Waals surface area contributed by atoms with Gasteiger partial charge in [-0.3, -0.25) is 4.79 Å². The fraction of sp³-hybridized carbons (Fsp3) is 0.571. The highest BCUT2D eigenvalue weighted by molar-refractivity contribution is 5.65. The van der Waals surface area contributed by atoms with E-state index in [9.17, 15) is 4.79 Å². The molecule has 0 unspecified atom stereocenters. The Hall–Kier alpha value is -0.830. The van der Waals surface area contributed by atoms with E-state index >= 15 is 0 Å². The first kappa shape index (κ1) is 9.17. The minimum Gasteiger partial charge on any atom is -0.469 e. The van der Waals surface area contributed by atoms with E-state index in [1.807, 2.05) is 13.8 Å². The number of rotatable bonds is 1. The van der Waals surface area contributed by atoms with Crippen molar-refractivity contribution in [2.45, 2.75) is 13.8 Å². The van der Waals surface area contributed by atoms with Crippen molar-refractivity contribution in [2.75, 3.05) is 13.4 Å². The van der Waals surface area contributed by atoms with Crippen LogP contribution in [0.5, 0.6) is 0 Å². The SMILES string of the molecule is CC.O=C/C=C1/COCO1. The number of hydrogen-bond donors (Lipinski definition) is 0. The van der Waals surface area contributed by atoms with Gasteiger partial charge < -0.3 is 9.47 Å². The van der Waals surface area contributed by atoms with Crippen LogP contribution in [0, 0.1) is 0 Å². The van der Waals surface area contributed by atoms with Crippen LogP contribution in [0.4, 0.5) is 0 Å². The van der Waals surface area contributed by atoms with Crippen molar-refractivity contribution in [1.82, 2.24) is 0 Å². The predicted octanol–water partition coefficient (Wildman–Crippen LogP) is 1.10. The van der Waals surface area contributed by atoms with Gasteiger partial charge in [-0.05, 0) is 0 Å². The summed E-state index contributed by atoms with van der Waals surface area (Å²) in [6, 6.07) is 0. The summed E-state index contributed by atoms with van der Waals surface area (Å²) < 4.78 is 9.56.